The monoisotopic (exact) mass is 746 g/mol. The predicted molar refractivity (Wildman–Crippen MR) is 178 cm³/mol. The Morgan fingerprint density at radius 2 is 1.17 bits per heavy atom. The molecule has 8 heteroatoms. The van der Waals surface area contributed by atoms with Crippen molar-refractivity contribution in [2.24, 2.45) is 0 Å². The van der Waals surface area contributed by atoms with Gasteiger partial charge in [-0.3, -0.25) is 0 Å². The zero-order chi connectivity index (χ0) is 29.0. The normalized spacial score (nSPS) is 14.1. The maximum absolute atomic E-state index is 5.35. The molecular weight excluding hydrogens is 707 g/mol. The molecule has 0 radical (unpaired) electrons. The summed E-state index contributed by atoms with van der Waals surface area (Å²) in [7, 11) is 0. The van der Waals surface area contributed by atoms with E-state index in [1.54, 1.807) is 0 Å². The molecule has 3 aromatic rings. The van der Waals surface area contributed by atoms with Crippen molar-refractivity contribution in [1.82, 2.24) is 0 Å². The number of ether oxygens (including phenoxy) is 4. The van der Waals surface area contributed by atoms with Crippen molar-refractivity contribution in [1.29, 1.82) is 0 Å². The Morgan fingerprint density at radius 3 is 1.68 bits per heavy atom. The summed E-state index contributed by atoms with van der Waals surface area (Å²) in [6.45, 7) is 12.4. The van der Waals surface area contributed by atoms with Crippen LogP contribution in [-0.2, 0) is 24.0 Å². The second-order valence-electron chi connectivity index (χ2n) is 9.44. The number of fused-ring (bicyclic) bond motifs is 3. The van der Waals surface area contributed by atoms with Gasteiger partial charge >= 0.3 is 18.9 Å². The summed E-state index contributed by atoms with van der Waals surface area (Å²) < 4.78 is 22.1. The van der Waals surface area contributed by atoms with E-state index in [1.165, 1.54) is 41.5 Å². The minimum atomic E-state index is 0. The van der Waals surface area contributed by atoms with Gasteiger partial charge in [0.25, 0.3) is 0 Å². The summed E-state index contributed by atoms with van der Waals surface area (Å²) >= 11 is 8.91. The smallest absolute Gasteiger partial charge is 0.493 e. The van der Waals surface area contributed by atoms with Crippen LogP contribution < -0.4 is 33.1 Å². The molecule has 0 N–H and O–H groups in total. The van der Waals surface area contributed by atoms with Gasteiger partial charge in [0.2, 0.25) is 0 Å². The molecule has 0 bridgehead atoms. The number of unbranched alkanes of at least 4 members (excludes halogenated alkanes) is 1. The fourth-order valence-corrected chi connectivity index (χ4v) is 4.51. The Bertz CT molecular complexity index is 1020. The van der Waals surface area contributed by atoms with Gasteiger partial charge in [-0.15, -0.1) is 0 Å². The number of para-hydroxylation sites is 1. The van der Waals surface area contributed by atoms with Crippen molar-refractivity contribution >= 4 is 44.2 Å². The third kappa shape index (κ3) is 14.9. The average molecular weight is 749 g/mol. The largest absolute Gasteiger partial charge is 1.00 e. The number of halogens is 3. The summed E-state index contributed by atoms with van der Waals surface area (Å²) in [6.07, 6.45) is 8.04. The third-order valence-electron chi connectivity index (χ3n) is 6.28. The van der Waals surface area contributed by atoms with Crippen LogP contribution in [0.1, 0.15) is 54.9 Å². The van der Waals surface area contributed by atoms with Gasteiger partial charge in [0.1, 0.15) is 17.2 Å². The van der Waals surface area contributed by atoms with Crippen LogP contribution in [-0.4, -0.2) is 33.0 Å². The van der Waals surface area contributed by atoms with Crippen LogP contribution in [0.3, 0.4) is 0 Å². The SMILES string of the molecule is BrBr.Brc1ccc2c(c1)CCO2.C1CCOC1.Cc1ccc2c(c1)CCO2.[CH2-]CCC.[Li+].c1ccc2c(c1)CCO2. The van der Waals surface area contributed by atoms with Gasteiger partial charge in [-0.2, -0.15) is 6.42 Å². The summed E-state index contributed by atoms with van der Waals surface area (Å²) in [5.74, 6) is 3.19. The van der Waals surface area contributed by atoms with Crippen LogP contribution in [0.4, 0.5) is 0 Å². The van der Waals surface area contributed by atoms with E-state index in [0.29, 0.717) is 0 Å². The first-order valence-electron chi connectivity index (χ1n) is 14.0. The molecule has 4 nitrogen and oxygen atoms in total. The molecule has 0 unspecified atom stereocenters. The molecule has 0 atom stereocenters. The van der Waals surface area contributed by atoms with E-state index in [4.69, 9.17) is 18.9 Å². The van der Waals surface area contributed by atoms with Gasteiger partial charge in [0.15, 0.2) is 0 Å². The summed E-state index contributed by atoms with van der Waals surface area (Å²) in [5, 5.41) is 0. The van der Waals surface area contributed by atoms with Gasteiger partial charge in [0, 0.05) is 65.2 Å². The van der Waals surface area contributed by atoms with Crippen LogP contribution in [0, 0.1) is 13.8 Å². The van der Waals surface area contributed by atoms with E-state index in [2.05, 4.69) is 95.3 Å². The molecule has 1 fully saturated rings. The zero-order valence-corrected chi connectivity index (χ0v) is 29.5. The van der Waals surface area contributed by atoms with E-state index < -0.39 is 0 Å². The Kier molecular flexibility index (Phi) is 21.8. The molecule has 1 saturated heterocycles. The number of aryl methyl sites for hydroxylation is 1. The molecule has 7 rings (SSSR count). The number of rotatable bonds is 1. The second kappa shape index (κ2) is 23.5. The predicted octanol–water partition coefficient (Wildman–Crippen LogP) is 7.05. The molecule has 0 spiro atoms. The molecule has 0 saturated carbocycles. The first-order chi connectivity index (χ1) is 19.6. The fraction of sp³-hybridized carbons (Fsp3) is 0.424. The van der Waals surface area contributed by atoms with Gasteiger partial charge in [-0.05, 0) is 66.8 Å². The van der Waals surface area contributed by atoms with Gasteiger partial charge in [-0.1, -0.05) is 65.2 Å². The van der Waals surface area contributed by atoms with Gasteiger partial charge in [0.05, 0.1) is 19.8 Å². The fourth-order valence-electron chi connectivity index (χ4n) is 4.10. The molecule has 0 aliphatic carbocycles. The Hall–Kier alpha value is -0.943. The van der Waals surface area contributed by atoms with Crippen LogP contribution in [0.2, 0.25) is 0 Å². The summed E-state index contributed by atoms with van der Waals surface area (Å²) in [5.41, 5.74) is 5.34. The Balaban J connectivity index is 0.000000260. The maximum atomic E-state index is 5.35. The topological polar surface area (TPSA) is 36.9 Å². The van der Waals surface area contributed by atoms with E-state index in [-0.39, 0.29) is 18.9 Å². The standard InChI is InChI=1S/C9H10O.C8H7BrO.C8H8O.C4H8O.C4H9.Br2.Li/c1-7-2-3-9-8(6-7)4-5-10-9;9-7-1-2-8-6(5-7)3-4-10-8;1-2-4-8-7(3-1)5-6-9-8;1-2-4-5-3-1;1-3-4-2;1-2;/h2-3,6H,4-5H2,1H3;1-2,5H,3-4H2;1-4H,5-6H2;1-4H2;1,3-4H2,2H3;;/q;;;;-1;;+1. The van der Waals surface area contributed by atoms with Crippen molar-refractivity contribution in [3.05, 3.63) is 94.3 Å². The van der Waals surface area contributed by atoms with Crippen LogP contribution in [0.25, 0.3) is 0 Å². The van der Waals surface area contributed by atoms with E-state index >= 15 is 0 Å². The molecule has 0 amide bonds. The molecule has 3 aromatic carbocycles. The zero-order valence-electron chi connectivity index (χ0n) is 24.7. The van der Waals surface area contributed by atoms with Crippen molar-refractivity contribution in [2.75, 3.05) is 33.0 Å². The first kappa shape index (κ1) is 38.1. The van der Waals surface area contributed by atoms with Crippen LogP contribution in [0.5, 0.6) is 17.2 Å². The number of hydrogen-bond acceptors (Lipinski definition) is 4. The number of hydrogen-bond donors (Lipinski definition) is 0. The summed E-state index contributed by atoms with van der Waals surface area (Å²) in [6, 6.07) is 20.6. The quantitative estimate of drug-likeness (QED) is 0.198. The maximum Gasteiger partial charge on any atom is 1.00 e. The molecule has 4 aliphatic heterocycles. The van der Waals surface area contributed by atoms with E-state index in [1.807, 2.05) is 30.3 Å². The molecular formula is C33H42Br3LiO4. The van der Waals surface area contributed by atoms with Gasteiger partial charge in [-0.25, -0.2) is 0 Å². The van der Waals surface area contributed by atoms with E-state index in [9.17, 15) is 0 Å². The van der Waals surface area contributed by atoms with Crippen LogP contribution >= 0.6 is 44.2 Å². The summed E-state index contributed by atoms with van der Waals surface area (Å²) in [4.78, 5) is 0. The average Bonchev–Trinajstić information content (AvgIpc) is 3.83. The van der Waals surface area contributed by atoms with Crippen molar-refractivity contribution in [2.45, 2.75) is 58.8 Å². The molecule has 220 valence electrons. The molecule has 41 heavy (non-hydrogen) atoms. The van der Waals surface area contributed by atoms with Gasteiger partial charge < -0.3 is 25.9 Å². The molecule has 4 heterocycles. The molecule has 0 aromatic heterocycles. The Morgan fingerprint density at radius 1 is 0.683 bits per heavy atom. The van der Waals surface area contributed by atoms with E-state index in [0.717, 1.165) is 80.4 Å². The van der Waals surface area contributed by atoms with Crippen molar-refractivity contribution < 1.29 is 37.8 Å². The molecule has 4 aliphatic rings. The van der Waals surface area contributed by atoms with Crippen LogP contribution in [0.15, 0.2) is 65.1 Å². The van der Waals surface area contributed by atoms with Crippen molar-refractivity contribution in [3.8, 4) is 17.2 Å². The Labute approximate surface area is 283 Å². The van der Waals surface area contributed by atoms with Crippen molar-refractivity contribution in [3.63, 3.8) is 0 Å². The minimum absolute atomic E-state index is 0. The second-order valence-corrected chi connectivity index (χ2v) is 10.4. The minimum Gasteiger partial charge on any atom is -0.493 e. The third-order valence-corrected chi connectivity index (χ3v) is 6.77. The first-order valence-corrected chi connectivity index (χ1v) is 18.5. The number of benzene rings is 3.